The van der Waals surface area contributed by atoms with Crippen molar-refractivity contribution < 1.29 is 14.6 Å². The maximum atomic E-state index is 11.6. The van der Waals surface area contributed by atoms with Crippen LogP contribution in [0.4, 0.5) is 0 Å². The van der Waals surface area contributed by atoms with Gasteiger partial charge in [-0.1, -0.05) is 20.4 Å². The van der Waals surface area contributed by atoms with Crippen LogP contribution in [0.25, 0.3) is 0 Å². The molecule has 3 rings (SSSR count). The summed E-state index contributed by atoms with van der Waals surface area (Å²) in [5, 5.41) is 10.5. The fourth-order valence-electron chi connectivity index (χ4n) is 6.21. The summed E-state index contributed by atoms with van der Waals surface area (Å²) >= 11 is 0. The van der Waals surface area contributed by atoms with Gasteiger partial charge in [0.25, 0.3) is 0 Å². The van der Waals surface area contributed by atoms with Crippen molar-refractivity contribution in [1.29, 1.82) is 0 Å². The van der Waals surface area contributed by atoms with Crippen LogP contribution in [-0.4, -0.2) is 22.3 Å². The number of carbonyl (C=O) groups excluding carboxylic acids is 1. The molecule has 100 valence electrons. The molecule has 0 spiro atoms. The second kappa shape index (κ2) is 3.01. The molecule has 0 aromatic heterocycles. The minimum Gasteiger partial charge on any atom is -0.455 e. The predicted molar refractivity (Wildman–Crippen MR) is 67.8 cm³/mol. The van der Waals surface area contributed by atoms with E-state index in [1.807, 2.05) is 6.92 Å². The van der Waals surface area contributed by atoms with Gasteiger partial charge in [0.1, 0.15) is 5.60 Å². The van der Waals surface area contributed by atoms with Gasteiger partial charge >= 0.3 is 5.97 Å². The third-order valence-corrected chi connectivity index (χ3v) is 5.37. The van der Waals surface area contributed by atoms with Crippen LogP contribution >= 0.6 is 0 Å². The van der Waals surface area contributed by atoms with E-state index in [1.165, 1.54) is 6.08 Å². The Morgan fingerprint density at radius 1 is 1.22 bits per heavy atom. The molecule has 0 aromatic carbocycles. The van der Waals surface area contributed by atoms with Gasteiger partial charge in [0.15, 0.2) is 0 Å². The molecule has 5 atom stereocenters. The summed E-state index contributed by atoms with van der Waals surface area (Å²) in [6.07, 6.45) is 4.62. The zero-order chi connectivity index (χ0) is 13.4. The summed E-state index contributed by atoms with van der Waals surface area (Å²) in [5.41, 5.74) is -0.744. The van der Waals surface area contributed by atoms with E-state index < -0.39 is 11.2 Å². The highest BCUT2D eigenvalue weighted by atomic mass is 16.6. The number of rotatable bonds is 2. The van der Waals surface area contributed by atoms with E-state index in [9.17, 15) is 9.90 Å². The molecule has 0 saturated heterocycles. The van der Waals surface area contributed by atoms with Gasteiger partial charge in [0.2, 0.25) is 0 Å². The van der Waals surface area contributed by atoms with Gasteiger partial charge in [0.05, 0.1) is 5.60 Å². The Hall–Kier alpha value is -0.830. The van der Waals surface area contributed by atoms with Crippen molar-refractivity contribution in [2.24, 2.45) is 16.7 Å². The van der Waals surface area contributed by atoms with E-state index in [2.05, 4.69) is 20.4 Å². The number of aliphatic hydroxyl groups is 1. The van der Waals surface area contributed by atoms with E-state index in [1.54, 1.807) is 0 Å². The van der Waals surface area contributed by atoms with Crippen LogP contribution in [0.3, 0.4) is 0 Å². The Kier molecular flexibility index (Phi) is 2.04. The lowest BCUT2D eigenvalue weighted by Gasteiger charge is -2.79. The molecule has 1 N–H and O–H groups in total. The minimum atomic E-state index is -0.728. The molecule has 0 aliphatic heterocycles. The third-order valence-electron chi connectivity index (χ3n) is 5.37. The number of ether oxygens (including phenoxy) is 1. The Balaban J connectivity index is 1.94. The van der Waals surface area contributed by atoms with Crippen LogP contribution in [0.1, 0.15) is 46.5 Å². The van der Waals surface area contributed by atoms with Gasteiger partial charge in [-0.25, -0.2) is 4.79 Å². The van der Waals surface area contributed by atoms with Gasteiger partial charge in [-0.05, 0) is 37.0 Å². The van der Waals surface area contributed by atoms with E-state index in [-0.39, 0.29) is 11.4 Å². The van der Waals surface area contributed by atoms with Crippen molar-refractivity contribution in [1.82, 2.24) is 0 Å². The molecule has 5 unspecified atom stereocenters. The smallest absolute Gasteiger partial charge is 0.330 e. The number of carbonyl (C=O) groups is 1. The molecule has 0 amide bonds. The fourth-order valence-corrected chi connectivity index (χ4v) is 6.21. The second-order valence-electron chi connectivity index (χ2n) is 7.64. The summed E-state index contributed by atoms with van der Waals surface area (Å²) < 4.78 is 5.68. The number of hydrogen-bond acceptors (Lipinski definition) is 3. The van der Waals surface area contributed by atoms with E-state index >= 15 is 0 Å². The van der Waals surface area contributed by atoms with Crippen molar-refractivity contribution in [3.05, 3.63) is 12.7 Å². The molecule has 3 fully saturated rings. The standard InChI is InChI=1S/C15H22O3/c1-5-10(16)18-15-8-13(3)6-12(2,11(13)15)7-14(4,17)9-15/h5,11,17H,1,6-9H2,2-4H3. The maximum absolute atomic E-state index is 11.6. The first-order chi connectivity index (χ1) is 8.15. The van der Waals surface area contributed by atoms with Crippen molar-refractivity contribution >= 4 is 5.97 Å². The van der Waals surface area contributed by atoms with Crippen LogP contribution < -0.4 is 0 Å². The first-order valence-corrected chi connectivity index (χ1v) is 6.73. The monoisotopic (exact) mass is 250 g/mol. The molecular formula is C15H22O3. The zero-order valence-corrected chi connectivity index (χ0v) is 11.5. The van der Waals surface area contributed by atoms with Crippen LogP contribution in [0.2, 0.25) is 0 Å². The minimum absolute atomic E-state index is 0.121. The van der Waals surface area contributed by atoms with Crippen molar-refractivity contribution in [3.8, 4) is 0 Å². The molecule has 3 aliphatic rings. The first kappa shape index (κ1) is 12.2. The Bertz CT molecular complexity index is 441. The molecule has 0 aromatic rings. The predicted octanol–water partition coefficient (Wildman–Crippen LogP) is 2.44. The number of hydrogen-bond donors (Lipinski definition) is 1. The van der Waals surface area contributed by atoms with Gasteiger partial charge in [-0.3, -0.25) is 0 Å². The van der Waals surface area contributed by atoms with Crippen molar-refractivity contribution in [3.63, 3.8) is 0 Å². The molecule has 0 bridgehead atoms. The quantitative estimate of drug-likeness (QED) is 0.605. The lowest BCUT2D eigenvalue weighted by Crippen LogP contribution is -2.79. The van der Waals surface area contributed by atoms with Crippen molar-refractivity contribution in [2.75, 3.05) is 0 Å². The van der Waals surface area contributed by atoms with Crippen LogP contribution in [0.15, 0.2) is 12.7 Å². The molecular weight excluding hydrogens is 228 g/mol. The van der Waals surface area contributed by atoms with E-state index in [4.69, 9.17) is 4.74 Å². The second-order valence-corrected chi connectivity index (χ2v) is 7.64. The normalized spacial score (nSPS) is 56.8. The Morgan fingerprint density at radius 3 is 2.39 bits per heavy atom. The first-order valence-electron chi connectivity index (χ1n) is 6.73. The fraction of sp³-hybridized carbons (Fsp3) is 0.800. The molecule has 3 nitrogen and oxygen atoms in total. The van der Waals surface area contributed by atoms with E-state index in [0.29, 0.717) is 17.8 Å². The largest absolute Gasteiger partial charge is 0.455 e. The maximum Gasteiger partial charge on any atom is 0.330 e. The molecule has 3 saturated carbocycles. The van der Waals surface area contributed by atoms with Gasteiger partial charge in [-0.2, -0.15) is 0 Å². The highest BCUT2D eigenvalue weighted by Crippen LogP contribution is 2.80. The van der Waals surface area contributed by atoms with Gasteiger partial charge < -0.3 is 9.84 Å². The summed E-state index contributed by atoms with van der Waals surface area (Å²) in [5.74, 6) is 0.0469. The van der Waals surface area contributed by atoms with Crippen LogP contribution in [0.5, 0.6) is 0 Å². The topological polar surface area (TPSA) is 46.5 Å². The summed E-state index contributed by atoms with van der Waals surface area (Å²) in [6, 6.07) is 0. The average Bonchev–Trinajstić information content (AvgIpc) is 2.09. The lowest BCUT2D eigenvalue weighted by atomic mass is 9.27. The summed E-state index contributed by atoms with van der Waals surface area (Å²) in [4.78, 5) is 11.6. The SMILES string of the molecule is C=CC(=O)OC12CC(C)(O)CC3(C)CC(C)(C1)C32. The van der Waals surface area contributed by atoms with Crippen LogP contribution in [-0.2, 0) is 9.53 Å². The Morgan fingerprint density at radius 2 is 1.83 bits per heavy atom. The molecule has 3 heteroatoms. The molecule has 0 heterocycles. The van der Waals surface area contributed by atoms with Crippen molar-refractivity contribution in [2.45, 2.75) is 57.7 Å². The lowest BCUT2D eigenvalue weighted by molar-refractivity contribution is -0.359. The third kappa shape index (κ3) is 1.31. The zero-order valence-electron chi connectivity index (χ0n) is 11.5. The molecule has 18 heavy (non-hydrogen) atoms. The highest BCUT2D eigenvalue weighted by molar-refractivity contribution is 5.81. The van der Waals surface area contributed by atoms with Gasteiger partial charge in [0, 0.05) is 18.4 Å². The number of esters is 1. The highest BCUT2D eigenvalue weighted by Gasteiger charge is 2.79. The van der Waals surface area contributed by atoms with Crippen LogP contribution in [0, 0.1) is 16.7 Å². The molecule has 0 radical (unpaired) electrons. The Labute approximate surface area is 108 Å². The van der Waals surface area contributed by atoms with E-state index in [0.717, 1.165) is 19.3 Å². The van der Waals surface area contributed by atoms with Gasteiger partial charge in [-0.15, -0.1) is 0 Å². The summed E-state index contributed by atoms with van der Waals surface area (Å²) in [7, 11) is 0. The summed E-state index contributed by atoms with van der Waals surface area (Å²) in [6.45, 7) is 9.84. The average molecular weight is 250 g/mol. The molecule has 3 aliphatic carbocycles.